The van der Waals surface area contributed by atoms with Crippen LogP contribution in [0.3, 0.4) is 0 Å². The monoisotopic (exact) mass is 326 g/mol. The van der Waals surface area contributed by atoms with Crippen LogP contribution in [0.4, 0.5) is 0 Å². The predicted molar refractivity (Wildman–Crippen MR) is 94.6 cm³/mol. The minimum atomic E-state index is 0.328. The maximum atomic E-state index is 4.76. The first-order valence-electron chi connectivity index (χ1n) is 7.69. The first-order chi connectivity index (χ1) is 10.1. The molecule has 6 heteroatoms. The number of rotatable bonds is 6. The number of thiazole rings is 1. The van der Waals surface area contributed by atoms with Gasteiger partial charge in [-0.3, -0.25) is 4.99 Å². The van der Waals surface area contributed by atoms with Crippen molar-refractivity contribution in [3.8, 4) is 0 Å². The fourth-order valence-electron chi connectivity index (χ4n) is 2.35. The van der Waals surface area contributed by atoms with E-state index in [4.69, 9.17) is 4.99 Å². The minimum absolute atomic E-state index is 0.328. The molecule has 0 saturated carbocycles. The summed E-state index contributed by atoms with van der Waals surface area (Å²) >= 11 is 3.83. The van der Waals surface area contributed by atoms with Crippen molar-refractivity contribution in [2.24, 2.45) is 4.99 Å². The summed E-state index contributed by atoms with van der Waals surface area (Å²) in [7, 11) is 0. The van der Waals surface area contributed by atoms with E-state index in [0.29, 0.717) is 4.75 Å². The van der Waals surface area contributed by atoms with Crippen LogP contribution in [0.1, 0.15) is 36.6 Å². The van der Waals surface area contributed by atoms with E-state index < -0.39 is 0 Å². The molecule has 2 N–H and O–H groups in total. The first kappa shape index (κ1) is 16.6. The minimum Gasteiger partial charge on any atom is -0.357 e. The highest BCUT2D eigenvalue weighted by molar-refractivity contribution is 8.00. The molecule has 2 rings (SSSR count). The van der Waals surface area contributed by atoms with Crippen LogP contribution < -0.4 is 10.6 Å². The number of aryl methyl sites for hydroxylation is 1. The van der Waals surface area contributed by atoms with Crippen LogP contribution in [0.5, 0.6) is 0 Å². The number of hydrogen-bond acceptors (Lipinski definition) is 4. The SMILES string of the molecule is CCNC(=NCC1(C)CCCS1)NCCc1ncc(C)s1. The molecule has 1 fully saturated rings. The van der Waals surface area contributed by atoms with Gasteiger partial charge in [-0.05, 0) is 39.4 Å². The fourth-order valence-corrected chi connectivity index (χ4v) is 4.37. The summed E-state index contributed by atoms with van der Waals surface area (Å²) in [6.07, 6.45) is 5.50. The normalized spacial score (nSPS) is 22.5. The highest BCUT2D eigenvalue weighted by atomic mass is 32.2. The summed E-state index contributed by atoms with van der Waals surface area (Å²) in [5.41, 5.74) is 0. The Bertz CT molecular complexity index is 464. The van der Waals surface area contributed by atoms with Crippen molar-refractivity contribution < 1.29 is 0 Å². The van der Waals surface area contributed by atoms with Gasteiger partial charge in [0.15, 0.2) is 5.96 Å². The topological polar surface area (TPSA) is 49.3 Å². The van der Waals surface area contributed by atoms with Crippen LogP contribution >= 0.6 is 23.1 Å². The number of nitrogens with zero attached hydrogens (tertiary/aromatic N) is 2. The molecule has 2 heterocycles. The van der Waals surface area contributed by atoms with E-state index in [1.54, 1.807) is 11.3 Å². The number of thioether (sulfide) groups is 1. The second-order valence-electron chi connectivity index (χ2n) is 5.64. The molecule has 0 bridgehead atoms. The Kier molecular flexibility index (Phi) is 6.36. The molecule has 1 unspecified atom stereocenters. The summed E-state index contributed by atoms with van der Waals surface area (Å²) in [5.74, 6) is 2.21. The lowest BCUT2D eigenvalue weighted by atomic mass is 10.1. The molecule has 1 aromatic heterocycles. The summed E-state index contributed by atoms with van der Waals surface area (Å²) in [6.45, 7) is 9.20. The van der Waals surface area contributed by atoms with E-state index in [0.717, 1.165) is 32.0 Å². The molecule has 1 aliphatic heterocycles. The third-order valence-electron chi connectivity index (χ3n) is 3.52. The zero-order valence-electron chi connectivity index (χ0n) is 13.2. The molecule has 4 nitrogen and oxygen atoms in total. The maximum absolute atomic E-state index is 4.76. The molecule has 1 aliphatic rings. The largest absolute Gasteiger partial charge is 0.357 e. The van der Waals surface area contributed by atoms with E-state index in [-0.39, 0.29) is 0 Å². The van der Waals surface area contributed by atoms with Gasteiger partial charge in [0.25, 0.3) is 0 Å². The Balaban J connectivity index is 1.80. The molecule has 1 saturated heterocycles. The molecule has 118 valence electrons. The van der Waals surface area contributed by atoms with Crippen LogP contribution in [0.25, 0.3) is 0 Å². The molecule has 0 radical (unpaired) electrons. The zero-order valence-corrected chi connectivity index (χ0v) is 14.9. The molecule has 0 aliphatic carbocycles. The van der Waals surface area contributed by atoms with E-state index in [2.05, 4.69) is 48.2 Å². The van der Waals surface area contributed by atoms with E-state index >= 15 is 0 Å². The van der Waals surface area contributed by atoms with Crippen LogP contribution in [0.15, 0.2) is 11.2 Å². The molecule has 0 amide bonds. The van der Waals surface area contributed by atoms with E-state index in [9.17, 15) is 0 Å². The molecule has 0 spiro atoms. The summed E-state index contributed by atoms with van der Waals surface area (Å²) < 4.78 is 0.328. The third kappa shape index (κ3) is 5.51. The van der Waals surface area contributed by atoms with Gasteiger partial charge >= 0.3 is 0 Å². The van der Waals surface area contributed by atoms with E-state index in [1.807, 2.05) is 6.20 Å². The Morgan fingerprint density at radius 1 is 1.48 bits per heavy atom. The highest BCUT2D eigenvalue weighted by Crippen LogP contribution is 2.37. The summed E-state index contributed by atoms with van der Waals surface area (Å²) in [4.78, 5) is 10.4. The Morgan fingerprint density at radius 3 is 2.95 bits per heavy atom. The molecular weight excluding hydrogens is 300 g/mol. The van der Waals surface area contributed by atoms with Gasteiger partial charge < -0.3 is 10.6 Å². The van der Waals surface area contributed by atoms with Gasteiger partial charge in [-0.15, -0.1) is 11.3 Å². The van der Waals surface area contributed by atoms with Gasteiger partial charge in [0.2, 0.25) is 0 Å². The van der Waals surface area contributed by atoms with Crippen LogP contribution in [0.2, 0.25) is 0 Å². The Labute approximate surface area is 136 Å². The van der Waals surface area contributed by atoms with Crippen LogP contribution in [0, 0.1) is 6.92 Å². The zero-order chi connectivity index (χ0) is 15.1. The number of aromatic nitrogens is 1. The fraction of sp³-hybridized carbons (Fsp3) is 0.733. The quantitative estimate of drug-likeness (QED) is 0.623. The molecule has 0 aromatic carbocycles. The van der Waals surface area contributed by atoms with Crippen molar-refractivity contribution in [2.45, 2.75) is 44.8 Å². The predicted octanol–water partition coefficient (Wildman–Crippen LogP) is 2.83. The van der Waals surface area contributed by atoms with Gasteiger partial charge in [0, 0.05) is 35.3 Å². The van der Waals surface area contributed by atoms with Crippen molar-refractivity contribution in [1.82, 2.24) is 15.6 Å². The number of hydrogen-bond donors (Lipinski definition) is 2. The molecule has 1 aromatic rings. The van der Waals surface area contributed by atoms with Crippen molar-refractivity contribution in [2.75, 3.05) is 25.4 Å². The smallest absolute Gasteiger partial charge is 0.191 e. The van der Waals surface area contributed by atoms with Crippen molar-refractivity contribution in [3.63, 3.8) is 0 Å². The van der Waals surface area contributed by atoms with Crippen LogP contribution in [-0.2, 0) is 6.42 Å². The average molecular weight is 327 g/mol. The summed E-state index contributed by atoms with van der Waals surface area (Å²) in [5, 5.41) is 7.93. The van der Waals surface area contributed by atoms with Crippen LogP contribution in [-0.4, -0.2) is 41.1 Å². The standard InChI is InChI=1S/C15H26N4S2/c1-4-16-14(19-11-15(3)7-5-9-20-15)17-8-6-13-18-10-12(2)21-13/h10H,4-9,11H2,1-3H3,(H2,16,17,19). The lowest BCUT2D eigenvalue weighted by Gasteiger charge is -2.21. The van der Waals surface area contributed by atoms with Crippen molar-refractivity contribution in [3.05, 3.63) is 16.1 Å². The Hall–Kier alpha value is -0.750. The lowest BCUT2D eigenvalue weighted by molar-refractivity contribution is 0.614. The maximum Gasteiger partial charge on any atom is 0.191 e. The van der Waals surface area contributed by atoms with Gasteiger partial charge in [-0.25, -0.2) is 4.98 Å². The van der Waals surface area contributed by atoms with Gasteiger partial charge in [0.1, 0.15) is 0 Å². The lowest BCUT2D eigenvalue weighted by Crippen LogP contribution is -2.39. The van der Waals surface area contributed by atoms with E-state index in [1.165, 1.54) is 28.5 Å². The second kappa shape index (κ2) is 8.03. The van der Waals surface area contributed by atoms with Gasteiger partial charge in [0.05, 0.1) is 11.6 Å². The molecular formula is C15H26N4S2. The highest BCUT2D eigenvalue weighted by Gasteiger charge is 2.29. The van der Waals surface area contributed by atoms with Gasteiger partial charge in [-0.2, -0.15) is 11.8 Å². The summed E-state index contributed by atoms with van der Waals surface area (Å²) in [6, 6.07) is 0. The number of aliphatic imine (C=N–C) groups is 1. The average Bonchev–Trinajstić information content (AvgIpc) is 3.06. The number of nitrogens with one attached hydrogen (secondary N) is 2. The Morgan fingerprint density at radius 2 is 2.33 bits per heavy atom. The first-order valence-corrected chi connectivity index (χ1v) is 9.49. The van der Waals surface area contributed by atoms with Crippen molar-refractivity contribution in [1.29, 1.82) is 0 Å². The molecule has 21 heavy (non-hydrogen) atoms. The second-order valence-corrected chi connectivity index (χ2v) is 8.64. The molecule has 1 atom stereocenters. The number of guanidine groups is 1. The van der Waals surface area contributed by atoms with Gasteiger partial charge in [-0.1, -0.05) is 0 Å². The van der Waals surface area contributed by atoms with Crippen molar-refractivity contribution >= 4 is 29.1 Å². The third-order valence-corrected chi connectivity index (χ3v) is 6.01.